The highest BCUT2D eigenvalue weighted by Gasteiger charge is 2.29. The maximum Gasteiger partial charge on any atom is 0.181 e. The summed E-state index contributed by atoms with van der Waals surface area (Å²) in [4.78, 5) is 4.14. The lowest BCUT2D eigenvalue weighted by molar-refractivity contribution is 0.351. The molecule has 3 rings (SSSR count). The Hall–Kier alpha value is -1.35. The SMILES string of the molecule is NC1CC(c2cccc3ncoc23)C1. The Morgan fingerprint density at radius 3 is 3.00 bits per heavy atom. The number of fused-ring (bicyclic) bond motifs is 1. The molecule has 1 aromatic heterocycles. The first-order valence-electron chi connectivity index (χ1n) is 4.92. The summed E-state index contributed by atoms with van der Waals surface area (Å²) in [6.45, 7) is 0. The lowest BCUT2D eigenvalue weighted by Crippen LogP contribution is -2.34. The minimum atomic E-state index is 0.373. The second-order valence-electron chi connectivity index (χ2n) is 3.98. The lowest BCUT2D eigenvalue weighted by Gasteiger charge is -2.32. The molecule has 3 nitrogen and oxygen atoms in total. The van der Waals surface area contributed by atoms with Gasteiger partial charge in [-0.25, -0.2) is 4.98 Å². The van der Waals surface area contributed by atoms with E-state index in [4.69, 9.17) is 10.2 Å². The Kier molecular flexibility index (Phi) is 1.61. The largest absolute Gasteiger partial charge is 0.443 e. The van der Waals surface area contributed by atoms with Crippen molar-refractivity contribution in [2.75, 3.05) is 0 Å². The highest BCUT2D eigenvalue weighted by atomic mass is 16.3. The summed E-state index contributed by atoms with van der Waals surface area (Å²) in [5, 5.41) is 0. The molecule has 2 aromatic rings. The number of hydrogen-bond donors (Lipinski definition) is 1. The summed E-state index contributed by atoms with van der Waals surface area (Å²) in [5.74, 6) is 0.571. The minimum absolute atomic E-state index is 0.373. The maximum absolute atomic E-state index is 5.78. The Balaban J connectivity index is 2.07. The van der Waals surface area contributed by atoms with Gasteiger partial charge in [0, 0.05) is 11.6 Å². The van der Waals surface area contributed by atoms with Crippen LogP contribution in [0, 0.1) is 0 Å². The predicted molar refractivity (Wildman–Crippen MR) is 54.0 cm³/mol. The van der Waals surface area contributed by atoms with Gasteiger partial charge in [-0.05, 0) is 24.8 Å². The van der Waals surface area contributed by atoms with Crippen molar-refractivity contribution < 1.29 is 4.42 Å². The average Bonchev–Trinajstić information content (AvgIpc) is 2.60. The first-order valence-corrected chi connectivity index (χ1v) is 4.92. The van der Waals surface area contributed by atoms with E-state index in [1.165, 1.54) is 12.0 Å². The normalized spacial score (nSPS) is 26.4. The highest BCUT2D eigenvalue weighted by Crippen LogP contribution is 2.38. The Morgan fingerprint density at radius 1 is 1.36 bits per heavy atom. The van der Waals surface area contributed by atoms with Crippen molar-refractivity contribution in [3.63, 3.8) is 0 Å². The zero-order valence-corrected chi connectivity index (χ0v) is 7.81. The fourth-order valence-corrected chi connectivity index (χ4v) is 2.15. The minimum Gasteiger partial charge on any atom is -0.443 e. The number of hydrogen-bond acceptors (Lipinski definition) is 3. The van der Waals surface area contributed by atoms with Gasteiger partial charge in [-0.3, -0.25) is 0 Å². The van der Waals surface area contributed by atoms with E-state index in [-0.39, 0.29) is 0 Å². The van der Waals surface area contributed by atoms with Crippen LogP contribution < -0.4 is 5.73 Å². The molecular formula is C11H12N2O. The van der Waals surface area contributed by atoms with Crippen molar-refractivity contribution in [2.45, 2.75) is 24.8 Å². The molecular weight excluding hydrogens is 176 g/mol. The van der Waals surface area contributed by atoms with Crippen molar-refractivity contribution in [3.05, 3.63) is 30.2 Å². The number of rotatable bonds is 1. The Labute approximate surface area is 81.9 Å². The summed E-state index contributed by atoms with van der Waals surface area (Å²) in [6.07, 6.45) is 3.65. The van der Waals surface area contributed by atoms with Crippen molar-refractivity contribution in [1.82, 2.24) is 4.98 Å². The van der Waals surface area contributed by atoms with Crippen molar-refractivity contribution >= 4 is 11.1 Å². The van der Waals surface area contributed by atoms with Crippen LogP contribution in [0.1, 0.15) is 24.3 Å². The fourth-order valence-electron chi connectivity index (χ4n) is 2.15. The molecule has 0 saturated heterocycles. The van der Waals surface area contributed by atoms with E-state index in [1.54, 1.807) is 0 Å². The van der Waals surface area contributed by atoms with Gasteiger partial charge < -0.3 is 10.2 Å². The van der Waals surface area contributed by atoms with Gasteiger partial charge in [0.2, 0.25) is 0 Å². The van der Waals surface area contributed by atoms with E-state index in [1.807, 2.05) is 12.1 Å². The van der Waals surface area contributed by atoms with Gasteiger partial charge in [0.05, 0.1) is 0 Å². The summed E-state index contributed by atoms with van der Waals surface area (Å²) in [5.41, 5.74) is 8.93. The second kappa shape index (κ2) is 2.82. The van der Waals surface area contributed by atoms with Crippen molar-refractivity contribution in [2.24, 2.45) is 5.73 Å². The van der Waals surface area contributed by atoms with Crippen LogP contribution >= 0.6 is 0 Å². The predicted octanol–water partition coefficient (Wildman–Crippen LogP) is 2.03. The van der Waals surface area contributed by atoms with Gasteiger partial charge in [-0.1, -0.05) is 12.1 Å². The van der Waals surface area contributed by atoms with E-state index in [2.05, 4.69) is 11.1 Å². The topological polar surface area (TPSA) is 52.0 Å². The van der Waals surface area contributed by atoms with Crippen LogP contribution in [0.3, 0.4) is 0 Å². The lowest BCUT2D eigenvalue weighted by atomic mass is 9.76. The van der Waals surface area contributed by atoms with Crippen LogP contribution in [-0.4, -0.2) is 11.0 Å². The summed E-state index contributed by atoms with van der Waals surface area (Å²) in [7, 11) is 0. The highest BCUT2D eigenvalue weighted by molar-refractivity contribution is 5.76. The molecule has 0 atom stereocenters. The second-order valence-corrected chi connectivity index (χ2v) is 3.98. The van der Waals surface area contributed by atoms with E-state index < -0.39 is 0 Å². The van der Waals surface area contributed by atoms with Gasteiger partial charge >= 0.3 is 0 Å². The van der Waals surface area contributed by atoms with Crippen LogP contribution in [0.15, 0.2) is 29.0 Å². The molecule has 1 aromatic carbocycles. The van der Waals surface area contributed by atoms with Crippen molar-refractivity contribution in [1.29, 1.82) is 0 Å². The quantitative estimate of drug-likeness (QED) is 0.745. The van der Waals surface area contributed by atoms with Gasteiger partial charge in [0.1, 0.15) is 5.52 Å². The summed E-state index contributed by atoms with van der Waals surface area (Å²) < 4.78 is 5.39. The third-order valence-corrected chi connectivity index (χ3v) is 3.00. The van der Waals surface area contributed by atoms with Gasteiger partial charge in [0.15, 0.2) is 12.0 Å². The van der Waals surface area contributed by atoms with Crippen LogP contribution in [-0.2, 0) is 0 Å². The molecule has 0 bridgehead atoms. The molecule has 0 radical (unpaired) electrons. The number of benzene rings is 1. The fraction of sp³-hybridized carbons (Fsp3) is 0.364. The molecule has 0 aliphatic heterocycles. The van der Waals surface area contributed by atoms with Gasteiger partial charge in [0.25, 0.3) is 0 Å². The zero-order valence-electron chi connectivity index (χ0n) is 7.81. The smallest absolute Gasteiger partial charge is 0.181 e. The molecule has 14 heavy (non-hydrogen) atoms. The maximum atomic E-state index is 5.78. The summed E-state index contributed by atoms with van der Waals surface area (Å²) >= 11 is 0. The van der Waals surface area contributed by atoms with Crippen molar-refractivity contribution in [3.8, 4) is 0 Å². The monoisotopic (exact) mass is 188 g/mol. The van der Waals surface area contributed by atoms with Gasteiger partial charge in [-0.2, -0.15) is 0 Å². The van der Waals surface area contributed by atoms with E-state index >= 15 is 0 Å². The molecule has 1 heterocycles. The van der Waals surface area contributed by atoms with Crippen LogP contribution in [0.25, 0.3) is 11.1 Å². The molecule has 1 aliphatic rings. The summed E-state index contributed by atoms with van der Waals surface area (Å²) in [6, 6.07) is 6.49. The van der Waals surface area contributed by atoms with Gasteiger partial charge in [-0.15, -0.1) is 0 Å². The van der Waals surface area contributed by atoms with Crippen LogP contribution in [0.4, 0.5) is 0 Å². The number of aromatic nitrogens is 1. The Morgan fingerprint density at radius 2 is 2.21 bits per heavy atom. The van der Waals surface area contributed by atoms with Crippen LogP contribution in [0.2, 0.25) is 0 Å². The number of para-hydroxylation sites is 1. The Bertz CT molecular complexity index is 457. The molecule has 0 unspecified atom stereocenters. The average molecular weight is 188 g/mol. The van der Waals surface area contributed by atoms with Crippen LogP contribution in [0.5, 0.6) is 0 Å². The van der Waals surface area contributed by atoms with E-state index in [0.29, 0.717) is 12.0 Å². The number of oxazole rings is 1. The molecule has 0 amide bonds. The number of nitrogens with zero attached hydrogens (tertiary/aromatic N) is 1. The third kappa shape index (κ3) is 1.06. The third-order valence-electron chi connectivity index (χ3n) is 3.00. The number of nitrogens with two attached hydrogens (primary N) is 1. The molecule has 1 saturated carbocycles. The molecule has 0 spiro atoms. The zero-order chi connectivity index (χ0) is 9.54. The molecule has 2 N–H and O–H groups in total. The molecule has 1 fully saturated rings. The first kappa shape index (κ1) is 8.00. The van der Waals surface area contributed by atoms with E-state index in [0.717, 1.165) is 23.9 Å². The van der Waals surface area contributed by atoms with E-state index in [9.17, 15) is 0 Å². The molecule has 72 valence electrons. The molecule has 1 aliphatic carbocycles. The first-order chi connectivity index (χ1) is 6.84. The molecule has 3 heteroatoms. The standard InChI is InChI=1S/C11H12N2O/c12-8-4-7(5-8)9-2-1-3-10-11(9)14-6-13-10/h1-3,6-8H,4-5,12H2.